The molecule has 1 aliphatic rings. The molecule has 0 aliphatic carbocycles. The number of sulfonamides is 1. The maximum absolute atomic E-state index is 12.8. The highest BCUT2D eigenvalue weighted by Gasteiger charge is 2.32. The van der Waals surface area contributed by atoms with E-state index in [2.05, 4.69) is 45.2 Å². The van der Waals surface area contributed by atoms with Gasteiger partial charge in [0.1, 0.15) is 0 Å². The number of hydrogen-bond acceptors (Lipinski definition) is 2. The minimum Gasteiger partial charge on any atom is -0.207 e. The SMILES string of the molecule is Cc1ccc(S(=O)(=O)N2Cc3c(I)ccc(I)c3C2)cc1. The highest BCUT2D eigenvalue weighted by Crippen LogP contribution is 2.34. The first kappa shape index (κ1) is 15.7. The molecule has 3 nitrogen and oxygen atoms in total. The van der Waals surface area contributed by atoms with Crippen molar-refractivity contribution in [2.75, 3.05) is 0 Å². The maximum atomic E-state index is 12.8. The molecule has 0 spiro atoms. The zero-order valence-electron chi connectivity index (χ0n) is 11.3. The minimum atomic E-state index is -3.43. The van der Waals surface area contributed by atoms with Gasteiger partial charge in [0.2, 0.25) is 10.0 Å². The Morgan fingerprint density at radius 3 is 1.86 bits per heavy atom. The van der Waals surface area contributed by atoms with E-state index >= 15 is 0 Å². The maximum Gasteiger partial charge on any atom is 0.243 e. The Morgan fingerprint density at radius 2 is 1.38 bits per heavy atom. The lowest BCUT2D eigenvalue weighted by Gasteiger charge is -2.15. The van der Waals surface area contributed by atoms with Gasteiger partial charge in [-0.15, -0.1) is 0 Å². The van der Waals surface area contributed by atoms with Crippen LogP contribution in [0.5, 0.6) is 0 Å². The van der Waals surface area contributed by atoms with Gasteiger partial charge in [-0.25, -0.2) is 8.42 Å². The number of fused-ring (bicyclic) bond motifs is 1. The topological polar surface area (TPSA) is 37.4 Å². The molecule has 0 N–H and O–H groups in total. The summed E-state index contributed by atoms with van der Waals surface area (Å²) in [5.74, 6) is 0. The molecule has 0 saturated carbocycles. The van der Waals surface area contributed by atoms with Crippen molar-refractivity contribution < 1.29 is 8.42 Å². The molecule has 0 atom stereocenters. The molecule has 2 aromatic rings. The van der Waals surface area contributed by atoms with Crippen LogP contribution in [0.25, 0.3) is 0 Å². The van der Waals surface area contributed by atoms with Gasteiger partial charge in [-0.1, -0.05) is 17.7 Å². The van der Waals surface area contributed by atoms with Crippen LogP contribution in [-0.2, 0) is 23.1 Å². The Hall–Kier alpha value is -0.190. The van der Waals surface area contributed by atoms with Crippen molar-refractivity contribution >= 4 is 55.2 Å². The van der Waals surface area contributed by atoms with Crippen LogP contribution in [-0.4, -0.2) is 12.7 Å². The molecule has 0 amide bonds. The fourth-order valence-electron chi connectivity index (χ4n) is 2.42. The molecule has 1 aliphatic heterocycles. The molecule has 0 saturated heterocycles. The normalized spacial score (nSPS) is 15.2. The van der Waals surface area contributed by atoms with Gasteiger partial charge in [0, 0.05) is 20.2 Å². The Morgan fingerprint density at radius 1 is 0.905 bits per heavy atom. The van der Waals surface area contributed by atoms with Gasteiger partial charge in [-0.05, 0) is 87.5 Å². The summed E-state index contributed by atoms with van der Waals surface area (Å²) in [6, 6.07) is 11.1. The van der Waals surface area contributed by atoms with Gasteiger partial charge < -0.3 is 0 Å². The molecule has 6 heteroatoms. The van der Waals surface area contributed by atoms with Crippen LogP contribution in [0.1, 0.15) is 16.7 Å². The molecule has 2 aromatic carbocycles. The molecule has 1 heterocycles. The van der Waals surface area contributed by atoms with E-state index in [1.807, 2.05) is 31.2 Å². The summed E-state index contributed by atoms with van der Waals surface area (Å²) in [5, 5.41) is 0. The molecule has 0 radical (unpaired) electrons. The lowest BCUT2D eigenvalue weighted by Crippen LogP contribution is -2.25. The van der Waals surface area contributed by atoms with Crippen LogP contribution in [0.15, 0.2) is 41.3 Å². The van der Waals surface area contributed by atoms with Gasteiger partial charge in [-0.3, -0.25) is 0 Å². The number of nitrogens with zero attached hydrogens (tertiary/aromatic N) is 1. The zero-order chi connectivity index (χ0) is 15.2. The summed E-state index contributed by atoms with van der Waals surface area (Å²) in [6.07, 6.45) is 0. The molecule has 110 valence electrons. The monoisotopic (exact) mass is 525 g/mol. The highest BCUT2D eigenvalue weighted by atomic mass is 127. The third-order valence-electron chi connectivity index (χ3n) is 3.64. The van der Waals surface area contributed by atoms with Crippen molar-refractivity contribution in [2.45, 2.75) is 24.9 Å². The van der Waals surface area contributed by atoms with E-state index in [0.29, 0.717) is 18.0 Å². The summed E-state index contributed by atoms with van der Waals surface area (Å²) >= 11 is 4.55. The summed E-state index contributed by atoms with van der Waals surface area (Å²) in [6.45, 7) is 2.87. The highest BCUT2D eigenvalue weighted by molar-refractivity contribution is 14.1. The fraction of sp³-hybridized carbons (Fsp3) is 0.200. The second-order valence-corrected chi connectivity index (χ2v) is 9.33. The summed E-state index contributed by atoms with van der Waals surface area (Å²) in [4.78, 5) is 0.367. The summed E-state index contributed by atoms with van der Waals surface area (Å²) < 4.78 is 29.3. The first-order valence-corrected chi connectivity index (χ1v) is 10.0. The van der Waals surface area contributed by atoms with Gasteiger partial charge in [0.25, 0.3) is 0 Å². The average molecular weight is 525 g/mol. The van der Waals surface area contributed by atoms with Crippen molar-refractivity contribution in [2.24, 2.45) is 0 Å². The third kappa shape index (κ3) is 2.87. The number of aryl methyl sites for hydroxylation is 1. The first-order chi connectivity index (χ1) is 9.89. The predicted molar refractivity (Wildman–Crippen MR) is 99.5 cm³/mol. The molecule has 3 rings (SSSR count). The van der Waals surface area contributed by atoms with Crippen LogP contribution < -0.4 is 0 Å². The zero-order valence-corrected chi connectivity index (χ0v) is 16.4. The van der Waals surface area contributed by atoms with E-state index in [9.17, 15) is 8.42 Å². The first-order valence-electron chi connectivity index (χ1n) is 6.42. The van der Waals surface area contributed by atoms with Crippen LogP contribution in [0.2, 0.25) is 0 Å². The second-order valence-electron chi connectivity index (χ2n) is 5.07. The smallest absolute Gasteiger partial charge is 0.207 e. The van der Waals surface area contributed by atoms with E-state index in [1.165, 1.54) is 0 Å². The molecule has 0 unspecified atom stereocenters. The van der Waals surface area contributed by atoms with E-state index in [4.69, 9.17) is 0 Å². The number of benzene rings is 2. The fourth-order valence-corrected chi connectivity index (χ4v) is 5.14. The van der Waals surface area contributed by atoms with Crippen LogP contribution in [0.4, 0.5) is 0 Å². The lowest BCUT2D eigenvalue weighted by molar-refractivity contribution is 0.431. The van der Waals surface area contributed by atoms with Gasteiger partial charge in [-0.2, -0.15) is 4.31 Å². The van der Waals surface area contributed by atoms with Gasteiger partial charge >= 0.3 is 0 Å². The molecule has 0 bridgehead atoms. The molecular weight excluding hydrogens is 512 g/mol. The second kappa shape index (κ2) is 5.78. The van der Waals surface area contributed by atoms with E-state index in [1.54, 1.807) is 16.4 Å². The third-order valence-corrected chi connectivity index (χ3v) is 7.47. The Kier molecular flexibility index (Phi) is 4.32. The van der Waals surface area contributed by atoms with Crippen LogP contribution in [0, 0.1) is 14.1 Å². The standard InChI is InChI=1S/C15H13I2NO2S/c1-10-2-4-11(5-3-10)21(19,20)18-8-12-13(9-18)15(17)7-6-14(12)16/h2-7H,8-9H2,1H3. The predicted octanol–water partition coefficient (Wildman–Crippen LogP) is 3.91. The minimum absolute atomic E-state index is 0.367. The van der Waals surface area contributed by atoms with Crippen molar-refractivity contribution in [3.8, 4) is 0 Å². The molecule has 21 heavy (non-hydrogen) atoms. The van der Waals surface area contributed by atoms with Crippen LogP contribution >= 0.6 is 45.2 Å². The van der Waals surface area contributed by atoms with Crippen molar-refractivity contribution in [1.29, 1.82) is 0 Å². The van der Waals surface area contributed by atoms with Crippen LogP contribution in [0.3, 0.4) is 0 Å². The number of hydrogen-bond donors (Lipinski definition) is 0. The largest absolute Gasteiger partial charge is 0.243 e. The van der Waals surface area contributed by atoms with Gasteiger partial charge in [0.15, 0.2) is 0 Å². The van der Waals surface area contributed by atoms with Gasteiger partial charge in [0.05, 0.1) is 4.90 Å². The molecular formula is C15H13I2NO2S. The Labute approximate surface area is 152 Å². The molecule has 0 aromatic heterocycles. The van der Waals surface area contributed by atoms with Crippen molar-refractivity contribution in [3.63, 3.8) is 0 Å². The number of rotatable bonds is 2. The quantitative estimate of drug-likeness (QED) is 0.559. The van der Waals surface area contributed by atoms with Crippen molar-refractivity contribution in [3.05, 3.63) is 60.2 Å². The van der Waals surface area contributed by atoms with E-state index in [0.717, 1.165) is 23.8 Å². The summed E-state index contributed by atoms with van der Waals surface area (Å²) in [5.41, 5.74) is 3.33. The summed E-state index contributed by atoms with van der Waals surface area (Å²) in [7, 11) is -3.43. The Bertz CT molecular complexity index is 770. The van der Waals surface area contributed by atoms with Crippen molar-refractivity contribution in [1.82, 2.24) is 4.31 Å². The Balaban J connectivity index is 1.99. The van der Waals surface area contributed by atoms with E-state index in [-0.39, 0.29) is 0 Å². The lowest BCUT2D eigenvalue weighted by atomic mass is 10.1. The number of halogens is 2. The average Bonchev–Trinajstić information content (AvgIpc) is 2.91. The van der Waals surface area contributed by atoms with E-state index < -0.39 is 10.0 Å². The molecule has 0 fully saturated rings.